The first-order valence-corrected chi connectivity index (χ1v) is 15.8. The molecule has 3 fully saturated rings. The average molecular weight is 628 g/mol. The van der Waals surface area contributed by atoms with E-state index in [1.807, 2.05) is 4.90 Å². The predicted octanol–water partition coefficient (Wildman–Crippen LogP) is 4.26. The summed E-state index contributed by atoms with van der Waals surface area (Å²) in [5.41, 5.74) is 0.964. The second-order valence-electron chi connectivity index (χ2n) is 11.6. The summed E-state index contributed by atoms with van der Waals surface area (Å²) in [6.07, 6.45) is 0.729. The second kappa shape index (κ2) is 13.9. The Hall–Kier alpha value is -4.07. The molecule has 0 unspecified atom stereocenters. The lowest BCUT2D eigenvalue weighted by atomic mass is 9.86. The van der Waals surface area contributed by atoms with Gasteiger partial charge >= 0.3 is 6.09 Å². The Balaban J connectivity index is 1.13. The number of likely N-dealkylation sites (tertiary alicyclic amines) is 1. The Morgan fingerprint density at radius 3 is 2.44 bits per heavy atom. The van der Waals surface area contributed by atoms with Crippen LogP contribution in [0.5, 0.6) is 5.88 Å². The van der Waals surface area contributed by atoms with Crippen molar-refractivity contribution in [1.82, 2.24) is 29.7 Å². The Morgan fingerprint density at radius 2 is 1.73 bits per heavy atom. The van der Waals surface area contributed by atoms with Crippen LogP contribution in [-0.2, 0) is 14.3 Å². The number of ether oxygens (including phenoxy) is 3. The van der Waals surface area contributed by atoms with Gasteiger partial charge < -0.3 is 29.3 Å². The molecule has 4 heterocycles. The molecule has 1 N–H and O–H groups in total. The first-order chi connectivity index (χ1) is 21.9. The minimum absolute atomic E-state index is 0.0348. The number of carbonyl (C=O) groups excluding carboxylic acids is 2. The van der Waals surface area contributed by atoms with E-state index in [-0.39, 0.29) is 35.9 Å². The molecule has 12 nitrogen and oxygen atoms in total. The average Bonchev–Trinajstić information content (AvgIpc) is 3.46. The van der Waals surface area contributed by atoms with E-state index in [1.165, 1.54) is 4.57 Å². The number of para-hydroxylation sites is 2. The summed E-state index contributed by atoms with van der Waals surface area (Å²) in [4.78, 5) is 42.2. The zero-order valence-corrected chi connectivity index (χ0v) is 25.4. The van der Waals surface area contributed by atoms with Crippen LogP contribution >= 0.6 is 0 Å². The zero-order chi connectivity index (χ0) is 31.3. The van der Waals surface area contributed by atoms with Gasteiger partial charge in [-0.15, -0.1) is 0 Å². The summed E-state index contributed by atoms with van der Waals surface area (Å²) < 4.78 is 46.6. The van der Waals surface area contributed by atoms with E-state index in [1.54, 1.807) is 42.2 Å². The molecule has 14 heteroatoms. The quantitative estimate of drug-likeness (QED) is 0.390. The third-order valence-electron chi connectivity index (χ3n) is 8.68. The maximum Gasteiger partial charge on any atom is 0.409 e. The van der Waals surface area contributed by atoms with E-state index >= 15 is 0 Å². The smallest absolute Gasteiger partial charge is 0.409 e. The van der Waals surface area contributed by atoms with Gasteiger partial charge in [0.15, 0.2) is 5.82 Å². The number of nitrogens with zero attached hydrogens (tertiary/aromatic N) is 6. The van der Waals surface area contributed by atoms with Gasteiger partial charge in [0.1, 0.15) is 11.9 Å². The number of aromatic nitrogens is 4. The van der Waals surface area contributed by atoms with Crippen molar-refractivity contribution in [3.05, 3.63) is 36.2 Å². The third kappa shape index (κ3) is 7.10. The highest BCUT2D eigenvalue weighted by atomic mass is 19.3. The van der Waals surface area contributed by atoms with Crippen LogP contribution in [0, 0.1) is 5.92 Å². The number of imidazole rings is 1. The number of benzene rings is 1. The molecule has 2 amide bonds. The number of anilines is 1. The van der Waals surface area contributed by atoms with Gasteiger partial charge in [-0.2, -0.15) is 9.97 Å². The summed E-state index contributed by atoms with van der Waals surface area (Å²) in [6.45, 7) is 5.40. The van der Waals surface area contributed by atoms with Crippen molar-refractivity contribution < 1.29 is 32.6 Å². The van der Waals surface area contributed by atoms with Crippen molar-refractivity contribution >= 4 is 29.0 Å². The van der Waals surface area contributed by atoms with Crippen molar-refractivity contribution in [2.75, 3.05) is 50.9 Å². The molecule has 1 saturated carbocycles. The van der Waals surface area contributed by atoms with Crippen LogP contribution in [0.1, 0.15) is 57.7 Å². The van der Waals surface area contributed by atoms with Gasteiger partial charge in [0, 0.05) is 44.2 Å². The van der Waals surface area contributed by atoms with Crippen molar-refractivity contribution in [1.29, 1.82) is 0 Å². The zero-order valence-electron chi connectivity index (χ0n) is 25.4. The summed E-state index contributed by atoms with van der Waals surface area (Å²) >= 11 is 0. The largest absolute Gasteiger partial charge is 0.474 e. The number of fused-ring (bicyclic) bond motifs is 1. The van der Waals surface area contributed by atoms with Crippen LogP contribution in [0.3, 0.4) is 0 Å². The standard InChI is InChI=1S/C31H39F2N7O5/c1-2-44-31(42)39-13-11-21(12-14-39)34-29(41)20-7-9-22(10-8-20)45-26-19-25(36-30(37-26)38-15-17-43-18-16-38)40-24-6-4-3-5-23(24)35-28(40)27(32)33/h3-6,19-22,27H,2,7-18H2,1H3,(H,34,41)/t20-,22-. The fourth-order valence-electron chi connectivity index (χ4n) is 6.27. The normalized spacial score (nSPS) is 21.2. The number of piperidine rings is 1. The van der Waals surface area contributed by atoms with Gasteiger partial charge in [0.05, 0.1) is 30.9 Å². The number of hydrogen-bond donors (Lipinski definition) is 1. The number of alkyl halides is 2. The number of halogens is 2. The maximum absolute atomic E-state index is 14.2. The molecule has 0 radical (unpaired) electrons. The fraction of sp³-hybridized carbons (Fsp3) is 0.581. The van der Waals surface area contributed by atoms with Crippen LogP contribution in [-0.4, -0.2) is 94.6 Å². The Bertz CT molecular complexity index is 1480. The number of nitrogens with one attached hydrogen (secondary N) is 1. The minimum Gasteiger partial charge on any atom is -0.474 e. The minimum atomic E-state index is -2.81. The van der Waals surface area contributed by atoms with E-state index in [9.17, 15) is 18.4 Å². The van der Waals surface area contributed by atoms with E-state index < -0.39 is 12.2 Å². The Kier molecular flexibility index (Phi) is 9.57. The van der Waals surface area contributed by atoms with Crippen LogP contribution in [0.4, 0.5) is 19.5 Å². The van der Waals surface area contributed by atoms with E-state index in [0.717, 1.165) is 0 Å². The highest BCUT2D eigenvalue weighted by Crippen LogP contribution is 2.32. The van der Waals surface area contributed by atoms with Crippen LogP contribution in [0.25, 0.3) is 16.9 Å². The van der Waals surface area contributed by atoms with Gasteiger partial charge in [-0.3, -0.25) is 9.36 Å². The monoisotopic (exact) mass is 627 g/mol. The van der Waals surface area contributed by atoms with Crippen molar-refractivity contribution in [2.24, 2.45) is 5.92 Å². The Labute approximate surface area is 260 Å². The molecule has 6 rings (SSSR count). The van der Waals surface area contributed by atoms with Crippen LogP contribution < -0.4 is 15.0 Å². The molecule has 0 spiro atoms. The molecule has 3 aliphatic rings. The van der Waals surface area contributed by atoms with Gasteiger partial charge in [0.2, 0.25) is 17.7 Å². The molecule has 0 bridgehead atoms. The van der Waals surface area contributed by atoms with Crippen molar-refractivity contribution in [3.8, 4) is 11.7 Å². The van der Waals surface area contributed by atoms with Gasteiger partial charge in [-0.1, -0.05) is 12.1 Å². The molecule has 45 heavy (non-hydrogen) atoms. The predicted molar refractivity (Wildman–Crippen MR) is 161 cm³/mol. The lowest BCUT2D eigenvalue weighted by molar-refractivity contribution is -0.127. The van der Waals surface area contributed by atoms with Crippen molar-refractivity contribution in [3.63, 3.8) is 0 Å². The number of morpholine rings is 1. The summed E-state index contributed by atoms with van der Waals surface area (Å²) in [5, 5.41) is 3.18. The number of rotatable bonds is 8. The molecular weight excluding hydrogens is 588 g/mol. The topological polar surface area (TPSA) is 124 Å². The Morgan fingerprint density at radius 1 is 1.00 bits per heavy atom. The van der Waals surface area contributed by atoms with E-state index in [4.69, 9.17) is 14.2 Å². The number of carbonyl (C=O) groups is 2. The maximum atomic E-state index is 14.2. The van der Waals surface area contributed by atoms with Gasteiger partial charge in [-0.05, 0) is 57.6 Å². The highest BCUT2D eigenvalue weighted by molar-refractivity contribution is 5.79. The SMILES string of the molecule is CCOC(=O)N1CCC(NC(=O)[C@H]2CC[C@H](Oc3cc(-n4c(C(F)F)nc5ccccc54)nc(N4CCOCC4)n3)CC2)CC1. The lowest BCUT2D eigenvalue weighted by Crippen LogP contribution is -2.48. The third-order valence-corrected chi connectivity index (χ3v) is 8.68. The molecule has 1 aliphatic carbocycles. The first-order valence-electron chi connectivity index (χ1n) is 15.8. The molecule has 2 aliphatic heterocycles. The summed E-state index contributed by atoms with van der Waals surface area (Å²) in [6, 6.07) is 8.59. The lowest BCUT2D eigenvalue weighted by Gasteiger charge is -2.33. The van der Waals surface area contributed by atoms with E-state index in [2.05, 4.69) is 20.3 Å². The number of amides is 2. The molecule has 2 saturated heterocycles. The summed E-state index contributed by atoms with van der Waals surface area (Å²) in [5.74, 6) is 0.447. The molecule has 0 atom stereocenters. The second-order valence-corrected chi connectivity index (χ2v) is 11.6. The first kappa shape index (κ1) is 30.9. The molecule has 242 valence electrons. The van der Waals surface area contributed by atoms with Crippen molar-refractivity contribution in [2.45, 2.75) is 64.0 Å². The van der Waals surface area contributed by atoms with Gasteiger partial charge in [0.25, 0.3) is 6.43 Å². The molecular formula is C31H39F2N7O5. The van der Waals surface area contributed by atoms with E-state index in [0.29, 0.717) is 107 Å². The van der Waals surface area contributed by atoms with Crippen LogP contribution in [0.2, 0.25) is 0 Å². The molecule has 3 aromatic rings. The fourth-order valence-corrected chi connectivity index (χ4v) is 6.27. The van der Waals surface area contributed by atoms with Crippen LogP contribution in [0.15, 0.2) is 30.3 Å². The highest BCUT2D eigenvalue weighted by Gasteiger charge is 2.31. The van der Waals surface area contributed by atoms with Gasteiger partial charge in [-0.25, -0.2) is 18.6 Å². The summed E-state index contributed by atoms with van der Waals surface area (Å²) in [7, 11) is 0. The molecule has 1 aromatic carbocycles. The molecule has 2 aromatic heterocycles. The number of hydrogen-bond acceptors (Lipinski definition) is 9.